The molecule has 1 aromatic carbocycles. The van der Waals surface area contributed by atoms with Crippen LogP contribution in [-0.2, 0) is 11.3 Å². The Labute approximate surface area is 178 Å². The minimum Gasteiger partial charge on any atom is -0.392 e. The zero-order valence-corrected chi connectivity index (χ0v) is 18.8. The Morgan fingerprint density at radius 1 is 1.31 bits per heavy atom. The molecule has 1 saturated heterocycles. The number of thioether (sulfide) groups is 1. The number of rotatable bonds is 6. The third kappa shape index (κ3) is 5.85. The van der Waals surface area contributed by atoms with Gasteiger partial charge in [-0.05, 0) is 42.7 Å². The van der Waals surface area contributed by atoms with E-state index in [-0.39, 0.29) is 11.3 Å². The van der Waals surface area contributed by atoms with E-state index in [1.54, 1.807) is 4.90 Å². The first-order chi connectivity index (χ1) is 13.6. The summed E-state index contributed by atoms with van der Waals surface area (Å²) < 4.78 is 0. The second-order valence-electron chi connectivity index (χ2n) is 9.47. The summed E-state index contributed by atoms with van der Waals surface area (Å²) in [5.74, 6) is 1.02. The molecule has 0 bridgehead atoms. The van der Waals surface area contributed by atoms with Gasteiger partial charge in [-0.3, -0.25) is 9.69 Å². The highest BCUT2D eigenvalue weighted by molar-refractivity contribution is 8.08. The summed E-state index contributed by atoms with van der Waals surface area (Å²) >= 11 is 1.91. The highest BCUT2D eigenvalue weighted by Crippen LogP contribution is 2.38. The minimum atomic E-state index is -0.734. The van der Waals surface area contributed by atoms with E-state index < -0.39 is 18.4 Å². The molecule has 2 aliphatic rings. The number of hydrogen-bond donors (Lipinski definition) is 3. The summed E-state index contributed by atoms with van der Waals surface area (Å²) in [4.78, 5) is 15.9. The second kappa shape index (κ2) is 9.21. The van der Waals surface area contributed by atoms with E-state index in [4.69, 9.17) is 0 Å². The average Bonchev–Trinajstić information content (AvgIpc) is 3.24. The van der Waals surface area contributed by atoms with E-state index in [0.29, 0.717) is 25.9 Å². The van der Waals surface area contributed by atoms with E-state index in [1.165, 1.54) is 16.0 Å². The number of hydrogen-bond acceptors (Lipinski definition) is 5. The third-order valence-corrected chi connectivity index (χ3v) is 6.87. The first-order valence-electron chi connectivity index (χ1n) is 10.5. The van der Waals surface area contributed by atoms with Crippen molar-refractivity contribution in [3.8, 4) is 0 Å². The maximum absolute atomic E-state index is 12.8. The van der Waals surface area contributed by atoms with Crippen LogP contribution in [0.5, 0.6) is 0 Å². The number of allylic oxidation sites excluding steroid dienone is 1. The fraction of sp³-hybridized carbons (Fsp3) is 0.609. The van der Waals surface area contributed by atoms with Crippen LogP contribution < -0.4 is 5.32 Å². The van der Waals surface area contributed by atoms with Crippen LogP contribution in [0.1, 0.15) is 58.1 Å². The van der Waals surface area contributed by atoms with Crippen molar-refractivity contribution < 1.29 is 15.0 Å². The zero-order chi connectivity index (χ0) is 21.2. The van der Waals surface area contributed by atoms with Gasteiger partial charge in [0.2, 0.25) is 5.91 Å². The number of aliphatic hydroxyl groups excluding tert-OH is 2. The molecule has 1 aromatic rings. The van der Waals surface area contributed by atoms with Crippen LogP contribution in [0.15, 0.2) is 29.8 Å². The molecule has 1 fully saturated rings. The lowest BCUT2D eigenvalue weighted by atomic mass is 9.91. The number of nitrogens with one attached hydrogen (secondary N) is 1. The van der Waals surface area contributed by atoms with Crippen molar-refractivity contribution in [2.24, 2.45) is 5.41 Å². The number of β-amino-alcohol motifs (C(OH)–C–C–N with tert-alkyl or cyclic N) is 1. The lowest BCUT2D eigenvalue weighted by Gasteiger charge is -2.32. The van der Waals surface area contributed by atoms with Gasteiger partial charge in [0.05, 0.1) is 12.1 Å². The van der Waals surface area contributed by atoms with Crippen molar-refractivity contribution in [2.45, 2.75) is 71.9 Å². The topological polar surface area (TPSA) is 72.8 Å². The summed E-state index contributed by atoms with van der Waals surface area (Å²) in [6.45, 7) is 9.14. The van der Waals surface area contributed by atoms with Gasteiger partial charge < -0.3 is 15.5 Å². The smallest absolute Gasteiger partial charge is 0.237 e. The lowest BCUT2D eigenvalue weighted by Crippen LogP contribution is -2.48. The molecule has 1 unspecified atom stereocenters. The number of likely N-dealkylation sites (tertiary alicyclic amines) is 1. The van der Waals surface area contributed by atoms with Gasteiger partial charge in [0.1, 0.15) is 6.23 Å². The Kier molecular flexibility index (Phi) is 7.10. The molecule has 2 aliphatic heterocycles. The normalized spacial score (nSPS) is 24.2. The maximum Gasteiger partial charge on any atom is 0.237 e. The van der Waals surface area contributed by atoms with Gasteiger partial charge in [-0.25, -0.2) is 0 Å². The highest BCUT2D eigenvalue weighted by Gasteiger charge is 2.40. The number of nitrogens with zero attached hydrogens (tertiary/aromatic N) is 1. The van der Waals surface area contributed by atoms with Crippen LogP contribution in [0.25, 0.3) is 4.91 Å². The number of carbonyl (C=O) groups is 1. The summed E-state index contributed by atoms with van der Waals surface area (Å²) in [7, 11) is 0. The van der Waals surface area contributed by atoms with E-state index in [2.05, 4.69) is 57.3 Å². The molecule has 3 rings (SSSR count). The van der Waals surface area contributed by atoms with Crippen molar-refractivity contribution in [3.05, 3.63) is 41.0 Å². The standard InChI is InChI=1S/C23H34N2O3S/c1-15-9-10-29-21(15)17-7-5-16(6-8-17)13-24-22(28)19-11-18(26)14-25(19)20(27)12-23(2,3)4/h5-8,18-20,26-27H,9-14H2,1-4H3,(H,24,28)/t18-,19+,20?/m1/s1. The van der Waals surface area contributed by atoms with E-state index in [1.807, 2.05) is 11.8 Å². The summed E-state index contributed by atoms with van der Waals surface area (Å²) in [5, 5.41) is 23.6. The monoisotopic (exact) mass is 418 g/mol. The van der Waals surface area contributed by atoms with Crippen LogP contribution >= 0.6 is 11.8 Å². The maximum atomic E-state index is 12.8. The van der Waals surface area contributed by atoms with E-state index in [9.17, 15) is 15.0 Å². The van der Waals surface area contributed by atoms with Gasteiger partial charge in [0.15, 0.2) is 0 Å². The van der Waals surface area contributed by atoms with Crippen LogP contribution in [0.3, 0.4) is 0 Å². The molecule has 5 nitrogen and oxygen atoms in total. The minimum absolute atomic E-state index is 0.0544. The Balaban J connectivity index is 1.58. The molecule has 3 atom stereocenters. The average molecular weight is 419 g/mol. The Bertz CT molecular complexity index is 754. The van der Waals surface area contributed by atoms with Crippen LogP contribution in [0.2, 0.25) is 0 Å². The SMILES string of the molecule is CC1=C(c2ccc(CNC(=O)[C@@H]3C[C@@H](O)CN3C(O)CC(C)(C)C)cc2)SCC1. The molecule has 0 radical (unpaired) electrons. The van der Waals surface area contributed by atoms with Crippen molar-refractivity contribution in [1.29, 1.82) is 0 Å². The van der Waals surface area contributed by atoms with Gasteiger partial charge in [-0.15, -0.1) is 11.8 Å². The molecule has 3 N–H and O–H groups in total. The molecule has 0 spiro atoms. The van der Waals surface area contributed by atoms with Gasteiger partial charge in [-0.1, -0.05) is 50.6 Å². The number of aliphatic hydroxyl groups is 2. The van der Waals surface area contributed by atoms with Crippen LogP contribution in [0.4, 0.5) is 0 Å². The molecule has 0 saturated carbocycles. The number of carbonyl (C=O) groups excluding carboxylic acids is 1. The second-order valence-corrected chi connectivity index (χ2v) is 10.6. The Hall–Kier alpha value is -1.34. The third-order valence-electron chi connectivity index (χ3n) is 5.59. The molecular weight excluding hydrogens is 384 g/mol. The van der Waals surface area contributed by atoms with Gasteiger partial charge in [0.25, 0.3) is 0 Å². The predicted octanol–water partition coefficient (Wildman–Crippen LogP) is 3.36. The Morgan fingerprint density at radius 2 is 2.00 bits per heavy atom. The zero-order valence-electron chi connectivity index (χ0n) is 17.9. The fourth-order valence-corrected chi connectivity index (χ4v) is 5.31. The molecule has 29 heavy (non-hydrogen) atoms. The molecule has 1 amide bonds. The molecule has 0 aliphatic carbocycles. The summed E-state index contributed by atoms with van der Waals surface area (Å²) in [5.41, 5.74) is 3.69. The summed E-state index contributed by atoms with van der Waals surface area (Å²) in [6.07, 6.45) is 0.750. The molecule has 0 aromatic heterocycles. The molecule has 160 valence electrons. The summed E-state index contributed by atoms with van der Waals surface area (Å²) in [6, 6.07) is 7.87. The molecule has 2 heterocycles. The van der Waals surface area contributed by atoms with Crippen molar-refractivity contribution >= 4 is 22.6 Å². The van der Waals surface area contributed by atoms with Crippen LogP contribution in [-0.4, -0.2) is 51.7 Å². The molecule has 6 heteroatoms. The van der Waals surface area contributed by atoms with E-state index in [0.717, 1.165) is 17.7 Å². The van der Waals surface area contributed by atoms with Crippen molar-refractivity contribution in [2.75, 3.05) is 12.3 Å². The number of benzene rings is 1. The first kappa shape index (κ1) is 22.3. The highest BCUT2D eigenvalue weighted by atomic mass is 32.2. The predicted molar refractivity (Wildman–Crippen MR) is 119 cm³/mol. The lowest BCUT2D eigenvalue weighted by molar-refractivity contribution is -0.130. The quantitative estimate of drug-likeness (QED) is 0.661. The molecular formula is C23H34N2O3S. The first-order valence-corrected chi connectivity index (χ1v) is 11.4. The van der Waals surface area contributed by atoms with Crippen LogP contribution in [0, 0.1) is 5.41 Å². The van der Waals surface area contributed by atoms with Crippen molar-refractivity contribution in [1.82, 2.24) is 10.2 Å². The largest absolute Gasteiger partial charge is 0.392 e. The van der Waals surface area contributed by atoms with Gasteiger partial charge in [0, 0.05) is 23.7 Å². The Morgan fingerprint density at radius 3 is 2.59 bits per heavy atom. The van der Waals surface area contributed by atoms with Crippen molar-refractivity contribution in [3.63, 3.8) is 0 Å². The van der Waals surface area contributed by atoms with E-state index >= 15 is 0 Å². The number of amides is 1. The fourth-order valence-electron chi connectivity index (χ4n) is 4.04. The van der Waals surface area contributed by atoms with Gasteiger partial charge >= 0.3 is 0 Å². The van der Waals surface area contributed by atoms with Gasteiger partial charge in [-0.2, -0.15) is 0 Å².